The van der Waals surface area contributed by atoms with Crippen molar-refractivity contribution in [2.45, 2.75) is 0 Å². The molecule has 0 aliphatic heterocycles. The molecular formula is C17H16N2O. The van der Waals surface area contributed by atoms with Crippen LogP contribution in [-0.4, -0.2) is 11.6 Å². The van der Waals surface area contributed by atoms with Crippen molar-refractivity contribution in [3.05, 3.63) is 65.0 Å². The second-order valence-corrected chi connectivity index (χ2v) is 4.81. The zero-order valence-corrected chi connectivity index (χ0v) is 11.6. The van der Waals surface area contributed by atoms with Gasteiger partial charge in [0.05, 0.1) is 5.69 Å². The van der Waals surface area contributed by atoms with Crippen LogP contribution in [0, 0.1) is 0 Å². The SMILES string of the molecule is CNc1ccc(-c2cc3ccccc3c(=O)n2C)cc1. The number of nitrogens with zero attached hydrogens (tertiary/aromatic N) is 1. The Kier molecular flexibility index (Phi) is 3.03. The summed E-state index contributed by atoms with van der Waals surface area (Å²) in [7, 11) is 3.71. The minimum atomic E-state index is 0.0378. The van der Waals surface area contributed by atoms with Crippen molar-refractivity contribution in [3.63, 3.8) is 0 Å². The lowest BCUT2D eigenvalue weighted by Crippen LogP contribution is -2.18. The van der Waals surface area contributed by atoms with Crippen LogP contribution in [0.4, 0.5) is 5.69 Å². The molecule has 0 spiro atoms. The number of pyridine rings is 1. The number of hydrogen-bond donors (Lipinski definition) is 1. The normalized spacial score (nSPS) is 10.7. The van der Waals surface area contributed by atoms with Gasteiger partial charge in [0, 0.05) is 25.2 Å². The Morgan fingerprint density at radius 3 is 2.40 bits per heavy atom. The molecule has 0 amide bonds. The highest BCUT2D eigenvalue weighted by Crippen LogP contribution is 2.23. The van der Waals surface area contributed by atoms with Crippen LogP contribution in [0.3, 0.4) is 0 Å². The van der Waals surface area contributed by atoms with Gasteiger partial charge in [0.25, 0.3) is 5.56 Å². The lowest BCUT2D eigenvalue weighted by molar-refractivity contribution is 0.883. The molecule has 0 saturated heterocycles. The summed E-state index contributed by atoms with van der Waals surface area (Å²) in [6.07, 6.45) is 0. The van der Waals surface area contributed by atoms with Crippen LogP contribution in [0.15, 0.2) is 59.4 Å². The van der Waals surface area contributed by atoms with E-state index in [9.17, 15) is 4.79 Å². The van der Waals surface area contributed by atoms with E-state index >= 15 is 0 Å². The smallest absolute Gasteiger partial charge is 0.258 e. The maximum atomic E-state index is 12.4. The maximum absolute atomic E-state index is 12.4. The third-order valence-electron chi connectivity index (χ3n) is 3.62. The van der Waals surface area contributed by atoms with Crippen molar-refractivity contribution in [2.24, 2.45) is 7.05 Å². The molecular weight excluding hydrogens is 248 g/mol. The van der Waals surface area contributed by atoms with Crippen LogP contribution in [0.25, 0.3) is 22.0 Å². The number of aromatic nitrogens is 1. The number of hydrogen-bond acceptors (Lipinski definition) is 2. The van der Waals surface area contributed by atoms with Gasteiger partial charge in [0.2, 0.25) is 0 Å². The monoisotopic (exact) mass is 264 g/mol. The molecule has 0 unspecified atom stereocenters. The molecule has 0 bridgehead atoms. The molecule has 0 atom stereocenters. The molecule has 3 rings (SSSR count). The zero-order valence-electron chi connectivity index (χ0n) is 11.6. The van der Waals surface area contributed by atoms with Gasteiger partial charge in [-0.05, 0) is 35.2 Å². The third kappa shape index (κ3) is 1.97. The minimum Gasteiger partial charge on any atom is -0.388 e. The van der Waals surface area contributed by atoms with Crippen molar-refractivity contribution in [2.75, 3.05) is 12.4 Å². The summed E-state index contributed by atoms with van der Waals surface area (Å²) in [5.74, 6) is 0. The molecule has 0 aliphatic rings. The molecule has 0 saturated carbocycles. The molecule has 1 heterocycles. The van der Waals surface area contributed by atoms with Crippen LogP contribution in [-0.2, 0) is 7.05 Å². The van der Waals surface area contributed by atoms with Gasteiger partial charge in [0.1, 0.15) is 0 Å². The molecule has 3 heteroatoms. The largest absolute Gasteiger partial charge is 0.388 e. The van der Waals surface area contributed by atoms with Crippen molar-refractivity contribution < 1.29 is 0 Å². The quantitative estimate of drug-likeness (QED) is 0.771. The Morgan fingerprint density at radius 1 is 1.00 bits per heavy atom. The Hall–Kier alpha value is -2.55. The number of fused-ring (bicyclic) bond motifs is 1. The van der Waals surface area contributed by atoms with Gasteiger partial charge in [-0.1, -0.05) is 30.3 Å². The predicted molar refractivity (Wildman–Crippen MR) is 84.2 cm³/mol. The van der Waals surface area contributed by atoms with Crippen LogP contribution in [0.2, 0.25) is 0 Å². The molecule has 2 aromatic carbocycles. The van der Waals surface area contributed by atoms with E-state index < -0.39 is 0 Å². The Labute approximate surface area is 117 Å². The molecule has 0 fully saturated rings. The third-order valence-corrected chi connectivity index (χ3v) is 3.62. The standard InChI is InChI=1S/C17H16N2O/c1-18-14-9-7-12(8-10-14)16-11-13-5-3-4-6-15(13)17(20)19(16)2/h3-11,18H,1-2H3. The Morgan fingerprint density at radius 2 is 1.70 bits per heavy atom. The second kappa shape index (κ2) is 4.85. The highest BCUT2D eigenvalue weighted by Gasteiger charge is 2.07. The van der Waals surface area contributed by atoms with Crippen LogP contribution in [0.5, 0.6) is 0 Å². The highest BCUT2D eigenvalue weighted by atomic mass is 16.1. The van der Waals surface area contributed by atoms with Gasteiger partial charge in [-0.2, -0.15) is 0 Å². The molecule has 1 N–H and O–H groups in total. The van der Waals surface area contributed by atoms with Gasteiger partial charge in [-0.15, -0.1) is 0 Å². The van der Waals surface area contributed by atoms with Gasteiger partial charge < -0.3 is 9.88 Å². The summed E-state index contributed by atoms with van der Waals surface area (Å²) in [4.78, 5) is 12.4. The summed E-state index contributed by atoms with van der Waals surface area (Å²) >= 11 is 0. The van der Waals surface area contributed by atoms with E-state index in [1.807, 2.05) is 62.6 Å². The first-order valence-electron chi connectivity index (χ1n) is 6.57. The van der Waals surface area contributed by atoms with E-state index in [0.717, 1.165) is 27.7 Å². The summed E-state index contributed by atoms with van der Waals surface area (Å²) in [6, 6.07) is 17.8. The lowest BCUT2D eigenvalue weighted by Gasteiger charge is -2.11. The van der Waals surface area contributed by atoms with Crippen molar-refractivity contribution in [3.8, 4) is 11.3 Å². The van der Waals surface area contributed by atoms with Crippen LogP contribution < -0.4 is 10.9 Å². The molecule has 3 aromatic rings. The molecule has 20 heavy (non-hydrogen) atoms. The molecule has 3 nitrogen and oxygen atoms in total. The number of rotatable bonds is 2. The molecule has 100 valence electrons. The lowest BCUT2D eigenvalue weighted by atomic mass is 10.1. The highest BCUT2D eigenvalue weighted by molar-refractivity contribution is 5.85. The van der Waals surface area contributed by atoms with Gasteiger partial charge in [0.15, 0.2) is 0 Å². The molecule has 1 aromatic heterocycles. The first kappa shape index (κ1) is 12.5. The number of nitrogens with one attached hydrogen (secondary N) is 1. The van der Waals surface area contributed by atoms with Crippen LogP contribution in [0.1, 0.15) is 0 Å². The van der Waals surface area contributed by atoms with Crippen molar-refractivity contribution in [1.29, 1.82) is 0 Å². The van der Waals surface area contributed by atoms with E-state index in [1.54, 1.807) is 4.57 Å². The maximum Gasteiger partial charge on any atom is 0.258 e. The summed E-state index contributed by atoms with van der Waals surface area (Å²) in [5.41, 5.74) is 3.06. The van der Waals surface area contributed by atoms with Crippen LogP contribution >= 0.6 is 0 Å². The summed E-state index contributed by atoms with van der Waals surface area (Å²) in [5, 5.41) is 4.82. The van der Waals surface area contributed by atoms with Crippen molar-refractivity contribution >= 4 is 16.5 Å². The van der Waals surface area contributed by atoms with Gasteiger partial charge >= 0.3 is 0 Å². The Balaban J connectivity index is 2.25. The van der Waals surface area contributed by atoms with Gasteiger partial charge in [-0.25, -0.2) is 0 Å². The average Bonchev–Trinajstić information content (AvgIpc) is 2.51. The van der Waals surface area contributed by atoms with E-state index in [-0.39, 0.29) is 5.56 Å². The second-order valence-electron chi connectivity index (χ2n) is 4.81. The number of anilines is 1. The Bertz CT molecular complexity index is 817. The fourth-order valence-electron chi connectivity index (χ4n) is 2.44. The fourth-order valence-corrected chi connectivity index (χ4v) is 2.44. The van der Waals surface area contributed by atoms with E-state index in [0.29, 0.717) is 0 Å². The van der Waals surface area contributed by atoms with Gasteiger partial charge in [-0.3, -0.25) is 4.79 Å². The summed E-state index contributed by atoms with van der Waals surface area (Å²) < 4.78 is 1.71. The van der Waals surface area contributed by atoms with E-state index in [2.05, 4.69) is 11.4 Å². The first-order chi connectivity index (χ1) is 9.70. The summed E-state index contributed by atoms with van der Waals surface area (Å²) in [6.45, 7) is 0. The minimum absolute atomic E-state index is 0.0378. The topological polar surface area (TPSA) is 34.0 Å². The number of benzene rings is 2. The molecule has 0 aliphatic carbocycles. The fraction of sp³-hybridized carbons (Fsp3) is 0.118. The van der Waals surface area contributed by atoms with E-state index in [1.165, 1.54) is 0 Å². The average molecular weight is 264 g/mol. The van der Waals surface area contributed by atoms with Crippen molar-refractivity contribution in [1.82, 2.24) is 4.57 Å². The predicted octanol–water partition coefficient (Wildman–Crippen LogP) is 3.25. The molecule has 0 radical (unpaired) electrons. The van der Waals surface area contributed by atoms with E-state index in [4.69, 9.17) is 0 Å². The first-order valence-corrected chi connectivity index (χ1v) is 6.57. The zero-order chi connectivity index (χ0) is 14.1.